The molecule has 0 fully saturated rings. The van der Waals surface area contributed by atoms with Gasteiger partial charge in [-0.25, -0.2) is 0 Å². The van der Waals surface area contributed by atoms with Crippen molar-refractivity contribution in [2.45, 2.75) is 13.8 Å². The molecule has 196 valence electrons. The molecule has 0 radical (unpaired) electrons. The summed E-state index contributed by atoms with van der Waals surface area (Å²) in [6.07, 6.45) is 0. The largest absolute Gasteiger partial charge is 0.361 e. The third kappa shape index (κ3) is 5.17. The first-order valence-corrected chi connectivity index (χ1v) is 13.9. The fourth-order valence-electron chi connectivity index (χ4n) is 5.74. The smallest absolute Gasteiger partial charge is 0.331 e. The molecule has 6 aromatic carbocycles. The summed E-state index contributed by atoms with van der Waals surface area (Å²) in [7, 11) is 0. The van der Waals surface area contributed by atoms with Crippen molar-refractivity contribution in [1.82, 2.24) is 0 Å². The molecule has 0 spiro atoms. The van der Waals surface area contributed by atoms with Crippen LogP contribution in [0.15, 0.2) is 146 Å². The number of hydrogen-bond donors (Lipinski definition) is 0. The summed E-state index contributed by atoms with van der Waals surface area (Å²) in [5.41, 5.74) is 24.0. The van der Waals surface area contributed by atoms with Gasteiger partial charge in [0, 0.05) is 0 Å². The van der Waals surface area contributed by atoms with Crippen LogP contribution < -0.4 is 0 Å². The standard InChI is InChI=1S/C39H30N2/c1-27-23-33(29-15-7-3-8-16-29)24-28(2)37(27)39(41-40)38-35(31-19-11-5-12-20-31)25-34(30-17-9-4-10-18-30)26-36(38)32-21-13-6-14-22-32/h3-26H,1-2H3. The number of aryl methyl sites for hydroxylation is 2. The third-order valence-corrected chi connectivity index (χ3v) is 7.63. The molecule has 0 aliphatic carbocycles. The highest BCUT2D eigenvalue weighted by atomic mass is 14.9. The molecule has 0 unspecified atom stereocenters. The number of nitrogens with zero attached hydrogens (tertiary/aromatic N) is 2. The lowest BCUT2D eigenvalue weighted by Crippen LogP contribution is -2.13. The molecule has 0 heterocycles. The van der Waals surface area contributed by atoms with E-state index in [2.05, 4.69) is 140 Å². The molecule has 6 rings (SSSR count). The van der Waals surface area contributed by atoms with E-state index in [-0.39, 0.29) is 0 Å². The Kier molecular flexibility index (Phi) is 7.24. The Morgan fingerprint density at radius 3 is 1.12 bits per heavy atom. The Labute approximate surface area is 241 Å². The van der Waals surface area contributed by atoms with Gasteiger partial charge in [0.25, 0.3) is 0 Å². The minimum absolute atomic E-state index is 0.567. The maximum atomic E-state index is 10.8. The van der Waals surface area contributed by atoms with Crippen LogP contribution in [-0.2, 0) is 0 Å². The minimum atomic E-state index is 0.567. The molecule has 41 heavy (non-hydrogen) atoms. The molecule has 0 atom stereocenters. The van der Waals surface area contributed by atoms with Gasteiger partial charge in [0.15, 0.2) is 0 Å². The van der Waals surface area contributed by atoms with E-state index in [4.69, 9.17) is 0 Å². The second kappa shape index (κ2) is 11.4. The average molecular weight is 527 g/mol. The van der Waals surface area contributed by atoms with Crippen LogP contribution in [0.4, 0.5) is 0 Å². The van der Waals surface area contributed by atoms with Crippen LogP contribution in [0.2, 0.25) is 0 Å². The first-order chi connectivity index (χ1) is 20.1. The zero-order valence-electron chi connectivity index (χ0n) is 23.3. The third-order valence-electron chi connectivity index (χ3n) is 7.63. The van der Waals surface area contributed by atoms with Crippen molar-refractivity contribution in [3.05, 3.63) is 173 Å². The fourth-order valence-corrected chi connectivity index (χ4v) is 5.74. The summed E-state index contributed by atoms with van der Waals surface area (Å²) in [6.45, 7) is 4.20. The van der Waals surface area contributed by atoms with Gasteiger partial charge < -0.3 is 5.53 Å². The van der Waals surface area contributed by atoms with E-state index < -0.39 is 0 Å². The van der Waals surface area contributed by atoms with E-state index >= 15 is 0 Å². The van der Waals surface area contributed by atoms with Crippen molar-refractivity contribution < 1.29 is 4.79 Å². The average Bonchev–Trinajstić information content (AvgIpc) is 3.04. The molecule has 0 saturated carbocycles. The summed E-state index contributed by atoms with van der Waals surface area (Å²) in [6, 6.07) is 50.4. The topological polar surface area (TPSA) is 36.4 Å². The first kappa shape index (κ1) is 26.0. The lowest BCUT2D eigenvalue weighted by atomic mass is 9.82. The van der Waals surface area contributed by atoms with Crippen LogP contribution in [0.5, 0.6) is 0 Å². The van der Waals surface area contributed by atoms with E-state index in [1.165, 1.54) is 0 Å². The van der Waals surface area contributed by atoms with E-state index in [0.29, 0.717) is 5.71 Å². The molecular formula is C39H30N2. The highest BCUT2D eigenvalue weighted by Gasteiger charge is 2.29. The molecule has 0 aromatic heterocycles. The summed E-state index contributed by atoms with van der Waals surface area (Å²) in [5, 5.41) is 0. The Hall–Kier alpha value is -5.30. The lowest BCUT2D eigenvalue weighted by molar-refractivity contribution is -0.00277. The van der Waals surface area contributed by atoms with Crippen molar-refractivity contribution >= 4 is 5.71 Å². The highest BCUT2D eigenvalue weighted by molar-refractivity contribution is 6.19. The number of rotatable bonds is 6. The second-order valence-electron chi connectivity index (χ2n) is 10.3. The van der Waals surface area contributed by atoms with Crippen LogP contribution in [0.25, 0.3) is 50.0 Å². The molecule has 2 nitrogen and oxygen atoms in total. The second-order valence-corrected chi connectivity index (χ2v) is 10.3. The van der Waals surface area contributed by atoms with Gasteiger partial charge in [-0.1, -0.05) is 133 Å². The van der Waals surface area contributed by atoms with E-state index in [0.717, 1.165) is 66.8 Å². The fraction of sp³-hybridized carbons (Fsp3) is 0.0513. The summed E-state index contributed by atoms with van der Waals surface area (Å²) in [4.78, 5) is 4.04. The van der Waals surface area contributed by atoms with E-state index in [1.54, 1.807) is 0 Å². The van der Waals surface area contributed by atoms with Crippen molar-refractivity contribution in [3.8, 4) is 44.5 Å². The molecule has 2 heteroatoms. The molecule has 6 aromatic rings. The maximum absolute atomic E-state index is 10.8. The van der Waals surface area contributed by atoms with Crippen LogP contribution in [0.1, 0.15) is 22.3 Å². The molecule has 0 aliphatic rings. The van der Waals surface area contributed by atoms with Crippen molar-refractivity contribution in [1.29, 1.82) is 0 Å². The van der Waals surface area contributed by atoms with Crippen LogP contribution >= 0.6 is 0 Å². The Balaban J connectivity index is 1.66. The predicted octanol–water partition coefficient (Wildman–Crippen LogP) is 10.0. The summed E-state index contributed by atoms with van der Waals surface area (Å²) >= 11 is 0. The van der Waals surface area contributed by atoms with Crippen molar-refractivity contribution in [3.63, 3.8) is 0 Å². The first-order valence-electron chi connectivity index (χ1n) is 13.9. The molecular weight excluding hydrogens is 496 g/mol. The summed E-state index contributed by atoms with van der Waals surface area (Å²) < 4.78 is 0. The van der Waals surface area contributed by atoms with Crippen LogP contribution in [0.3, 0.4) is 0 Å². The van der Waals surface area contributed by atoms with Gasteiger partial charge in [-0.15, -0.1) is 0 Å². The van der Waals surface area contributed by atoms with E-state index in [9.17, 15) is 5.53 Å². The van der Waals surface area contributed by atoms with Gasteiger partial charge in [0.1, 0.15) is 0 Å². The van der Waals surface area contributed by atoms with Gasteiger partial charge in [-0.2, -0.15) is 4.79 Å². The zero-order valence-corrected chi connectivity index (χ0v) is 23.3. The predicted molar refractivity (Wildman–Crippen MR) is 171 cm³/mol. The zero-order chi connectivity index (χ0) is 28.2. The van der Waals surface area contributed by atoms with Crippen molar-refractivity contribution in [2.75, 3.05) is 0 Å². The highest BCUT2D eigenvalue weighted by Crippen LogP contribution is 2.39. The van der Waals surface area contributed by atoms with Crippen LogP contribution in [-0.4, -0.2) is 10.5 Å². The van der Waals surface area contributed by atoms with Gasteiger partial charge >= 0.3 is 5.71 Å². The minimum Gasteiger partial charge on any atom is -0.361 e. The quantitative estimate of drug-likeness (QED) is 0.118. The van der Waals surface area contributed by atoms with E-state index in [1.807, 2.05) is 24.3 Å². The van der Waals surface area contributed by atoms with Gasteiger partial charge in [-0.05, 0) is 81.6 Å². The number of hydrogen-bond acceptors (Lipinski definition) is 0. The maximum Gasteiger partial charge on any atom is 0.331 e. The molecule has 0 saturated heterocycles. The van der Waals surface area contributed by atoms with Gasteiger partial charge in [0.05, 0.1) is 11.1 Å². The summed E-state index contributed by atoms with van der Waals surface area (Å²) in [5.74, 6) is 0. The Bertz CT molecular complexity index is 1780. The SMILES string of the molecule is Cc1cc(-c2ccccc2)cc(C)c1C(=[N+]=[N-])c1c(-c2ccccc2)cc(-c2ccccc2)cc1-c1ccccc1. The Morgan fingerprint density at radius 2 is 0.756 bits per heavy atom. The monoisotopic (exact) mass is 526 g/mol. The molecule has 0 N–H and O–H groups in total. The molecule has 0 bridgehead atoms. The van der Waals surface area contributed by atoms with Gasteiger partial charge in [-0.3, -0.25) is 0 Å². The van der Waals surface area contributed by atoms with Crippen molar-refractivity contribution in [2.24, 2.45) is 0 Å². The normalized spacial score (nSPS) is 10.7. The Morgan fingerprint density at radius 1 is 0.415 bits per heavy atom. The molecule has 0 aliphatic heterocycles. The van der Waals surface area contributed by atoms with Crippen LogP contribution in [0, 0.1) is 13.8 Å². The molecule has 0 amide bonds. The lowest BCUT2D eigenvalue weighted by Gasteiger charge is -2.18. The van der Waals surface area contributed by atoms with Gasteiger partial charge in [0.2, 0.25) is 0 Å². The number of benzene rings is 6.